The minimum atomic E-state index is -5.69. The van der Waals surface area contributed by atoms with Gasteiger partial charge in [0, 0.05) is 5.56 Å². The van der Waals surface area contributed by atoms with Crippen molar-refractivity contribution in [1.29, 1.82) is 0 Å². The van der Waals surface area contributed by atoms with Crippen LogP contribution in [0.3, 0.4) is 0 Å². The van der Waals surface area contributed by atoms with Crippen molar-refractivity contribution in [2.75, 3.05) is 0 Å². The van der Waals surface area contributed by atoms with E-state index in [-0.39, 0.29) is 5.75 Å². The van der Waals surface area contributed by atoms with E-state index >= 15 is 0 Å². The minimum Gasteiger partial charge on any atom is -0.376 e. The van der Waals surface area contributed by atoms with Gasteiger partial charge in [0.15, 0.2) is 0 Å². The number of hydrogen-bond acceptors (Lipinski definition) is 3. The Morgan fingerprint density at radius 1 is 1.04 bits per heavy atom. The predicted octanol–water partition coefficient (Wildman–Crippen LogP) is 5.47. The van der Waals surface area contributed by atoms with Gasteiger partial charge in [-0.15, -0.1) is 5.54 Å². The highest BCUT2D eigenvalue weighted by atomic mass is 32.2. The van der Waals surface area contributed by atoms with E-state index in [1.165, 1.54) is 18.2 Å². The number of benzene rings is 2. The molecule has 0 saturated heterocycles. The van der Waals surface area contributed by atoms with Crippen LogP contribution in [0.2, 0.25) is 18.1 Å². The van der Waals surface area contributed by atoms with Crippen LogP contribution in [0.15, 0.2) is 36.4 Å². The maximum Gasteiger partial charge on any atom is 0.534 e. The Morgan fingerprint density at radius 3 is 2.22 bits per heavy atom. The molecule has 0 atom stereocenters. The molecule has 2 aromatic carbocycles. The summed E-state index contributed by atoms with van der Waals surface area (Å²) in [5.41, 5.74) is -1.22. The summed E-state index contributed by atoms with van der Waals surface area (Å²) in [5.74, 6) is 2.86. The van der Waals surface area contributed by atoms with Crippen LogP contribution in [-0.4, -0.2) is 22.0 Å². The maximum absolute atomic E-state index is 12.5. The van der Waals surface area contributed by atoms with Gasteiger partial charge >= 0.3 is 15.6 Å². The number of alkyl halides is 3. The smallest absolute Gasteiger partial charge is 0.376 e. The van der Waals surface area contributed by atoms with E-state index < -0.39 is 23.7 Å². The first-order chi connectivity index (χ1) is 12.6. The Bertz CT molecular complexity index is 976. The van der Waals surface area contributed by atoms with E-state index in [1.54, 1.807) is 12.1 Å². The van der Waals surface area contributed by atoms with E-state index in [1.807, 2.05) is 6.07 Å². The van der Waals surface area contributed by atoms with E-state index in [4.69, 9.17) is 0 Å². The lowest BCUT2D eigenvalue weighted by atomic mass is 10.1. The topological polar surface area (TPSA) is 43.4 Å². The Hall–Kier alpha value is -1.98. The maximum atomic E-state index is 12.5. The van der Waals surface area contributed by atoms with Gasteiger partial charge in [-0.05, 0) is 53.2 Å². The van der Waals surface area contributed by atoms with Crippen molar-refractivity contribution >= 4 is 29.0 Å². The van der Waals surface area contributed by atoms with Gasteiger partial charge < -0.3 is 4.18 Å². The molecule has 0 aliphatic carbocycles. The molecular formula is C19H21F3O3SSi. The Labute approximate surface area is 158 Å². The lowest BCUT2D eigenvalue weighted by Gasteiger charge is -2.20. The molecule has 3 nitrogen and oxygen atoms in total. The van der Waals surface area contributed by atoms with Crippen LogP contribution in [0.1, 0.15) is 26.3 Å². The zero-order valence-corrected chi connectivity index (χ0v) is 17.2. The van der Waals surface area contributed by atoms with Crippen LogP contribution in [0.25, 0.3) is 10.8 Å². The first kappa shape index (κ1) is 21.3. The summed E-state index contributed by atoms with van der Waals surface area (Å²) >= 11 is 0. The highest BCUT2D eigenvalue weighted by molar-refractivity contribution is 7.88. The summed E-state index contributed by atoms with van der Waals surface area (Å²) < 4.78 is 64.0. The molecule has 0 saturated carbocycles. The summed E-state index contributed by atoms with van der Waals surface area (Å²) in [7, 11) is -7.33. The molecule has 0 amide bonds. The molecule has 0 fully saturated rings. The number of halogens is 3. The van der Waals surface area contributed by atoms with Crippen LogP contribution >= 0.6 is 0 Å². The monoisotopic (exact) mass is 414 g/mol. The van der Waals surface area contributed by atoms with Gasteiger partial charge in [0.2, 0.25) is 0 Å². The Balaban J connectivity index is 2.45. The molecule has 0 aliphatic rings. The molecule has 0 spiro atoms. The number of hydrogen-bond donors (Lipinski definition) is 0. The normalized spacial score (nSPS) is 12.5. The predicted molar refractivity (Wildman–Crippen MR) is 104 cm³/mol. The van der Waals surface area contributed by atoms with E-state index in [0.717, 1.165) is 29.1 Å². The first-order valence-electron chi connectivity index (χ1n) is 8.64. The lowest BCUT2D eigenvalue weighted by Crippen LogP contribution is -2.29. The quantitative estimate of drug-likeness (QED) is 0.282. The van der Waals surface area contributed by atoms with Gasteiger partial charge in [0.1, 0.15) is 13.8 Å². The molecule has 8 heteroatoms. The van der Waals surface area contributed by atoms with Crippen molar-refractivity contribution < 1.29 is 25.8 Å². The number of fused-ring (bicyclic) bond motifs is 1. The van der Waals surface area contributed by atoms with Gasteiger partial charge in [-0.1, -0.05) is 38.8 Å². The molecule has 2 aromatic rings. The zero-order valence-electron chi connectivity index (χ0n) is 15.4. The molecule has 0 bridgehead atoms. The molecule has 2 rings (SSSR count). The van der Waals surface area contributed by atoms with Crippen molar-refractivity contribution in [3.05, 3.63) is 42.0 Å². The van der Waals surface area contributed by atoms with Gasteiger partial charge in [0.25, 0.3) is 0 Å². The average molecular weight is 415 g/mol. The number of rotatable bonds is 5. The summed E-state index contributed by atoms with van der Waals surface area (Å²) in [4.78, 5) is 0. The highest BCUT2D eigenvalue weighted by Gasteiger charge is 2.48. The van der Waals surface area contributed by atoms with Gasteiger partial charge in [0.05, 0.1) is 0 Å². The van der Waals surface area contributed by atoms with E-state index in [9.17, 15) is 21.6 Å². The van der Waals surface area contributed by atoms with Crippen molar-refractivity contribution in [3.63, 3.8) is 0 Å². The van der Waals surface area contributed by atoms with Crippen LogP contribution < -0.4 is 4.18 Å². The fourth-order valence-electron chi connectivity index (χ4n) is 2.81. The summed E-state index contributed by atoms with van der Waals surface area (Å²) in [5, 5.41) is 1.31. The van der Waals surface area contributed by atoms with Crippen LogP contribution in [0.5, 0.6) is 5.75 Å². The fraction of sp³-hybridized carbons (Fsp3) is 0.368. The van der Waals surface area contributed by atoms with Crippen LogP contribution in [0.4, 0.5) is 13.2 Å². The summed E-state index contributed by atoms with van der Waals surface area (Å²) in [6.07, 6.45) is 0. The summed E-state index contributed by atoms with van der Waals surface area (Å²) in [6, 6.07) is 12.5. The average Bonchev–Trinajstić information content (AvgIpc) is 2.62. The zero-order chi connectivity index (χ0) is 20.3. The summed E-state index contributed by atoms with van der Waals surface area (Å²) in [6.45, 7) is 6.46. The lowest BCUT2D eigenvalue weighted by molar-refractivity contribution is -0.0500. The minimum absolute atomic E-state index is 0.385. The Morgan fingerprint density at radius 2 is 1.67 bits per heavy atom. The SMILES string of the molecule is CC[Si](C#Cc1cccc2cc(OS(=O)(=O)C(F)(F)F)ccc12)(CC)CC. The third-order valence-corrected chi connectivity index (χ3v) is 10.5. The first-order valence-corrected chi connectivity index (χ1v) is 12.7. The third-order valence-electron chi connectivity index (χ3n) is 4.83. The van der Waals surface area contributed by atoms with Gasteiger partial charge in [-0.25, -0.2) is 0 Å². The van der Waals surface area contributed by atoms with Gasteiger partial charge in [-0.3, -0.25) is 0 Å². The third kappa shape index (κ3) is 4.65. The molecule has 146 valence electrons. The molecule has 27 heavy (non-hydrogen) atoms. The molecule has 0 aliphatic heterocycles. The van der Waals surface area contributed by atoms with Crippen molar-refractivity contribution in [3.8, 4) is 17.2 Å². The second-order valence-electron chi connectivity index (χ2n) is 6.26. The van der Waals surface area contributed by atoms with Crippen molar-refractivity contribution in [1.82, 2.24) is 0 Å². The molecule has 0 N–H and O–H groups in total. The van der Waals surface area contributed by atoms with Gasteiger partial charge in [-0.2, -0.15) is 21.6 Å². The van der Waals surface area contributed by atoms with Crippen molar-refractivity contribution in [2.24, 2.45) is 0 Å². The fourth-order valence-corrected chi connectivity index (χ4v) is 5.69. The Kier molecular flexibility index (Phi) is 6.27. The second kappa shape index (κ2) is 7.95. The molecule has 0 radical (unpaired) electrons. The molecule has 0 heterocycles. The highest BCUT2D eigenvalue weighted by Crippen LogP contribution is 2.30. The molecule has 0 aromatic heterocycles. The largest absolute Gasteiger partial charge is 0.534 e. The van der Waals surface area contributed by atoms with Crippen LogP contribution in [-0.2, 0) is 10.1 Å². The second-order valence-corrected chi connectivity index (χ2v) is 12.7. The van der Waals surface area contributed by atoms with Crippen LogP contribution in [0, 0.1) is 11.5 Å². The van der Waals surface area contributed by atoms with E-state index in [0.29, 0.717) is 5.39 Å². The van der Waals surface area contributed by atoms with Crippen molar-refractivity contribution in [2.45, 2.75) is 44.4 Å². The standard InChI is InChI=1S/C19H21F3O3SSi/c1-4-27(5-2,6-3)13-12-15-8-7-9-16-14-17(10-11-18(15)16)25-26(23,24)19(20,21)22/h7-11,14H,4-6H2,1-3H3. The molecular weight excluding hydrogens is 393 g/mol. The van der Waals surface area contributed by atoms with E-state index in [2.05, 4.69) is 36.4 Å². The molecule has 0 unspecified atom stereocenters.